The zero-order valence-electron chi connectivity index (χ0n) is 10.9. The normalized spacial score (nSPS) is 12.0. The van der Waals surface area contributed by atoms with Crippen molar-refractivity contribution >= 4 is 14.3 Å². The Morgan fingerprint density at radius 3 is 2.56 bits per heavy atom. The molecule has 0 heterocycles. The van der Waals surface area contributed by atoms with Crippen molar-refractivity contribution in [2.45, 2.75) is 45.8 Å². The molecule has 3 nitrogen and oxygen atoms in total. The number of hydrogen-bond donors (Lipinski definition) is 0. The molecule has 0 aromatic heterocycles. The van der Waals surface area contributed by atoms with Gasteiger partial charge < -0.3 is 9.16 Å². The summed E-state index contributed by atoms with van der Waals surface area (Å²) in [5, 5.41) is 0. The molecule has 0 fully saturated rings. The van der Waals surface area contributed by atoms with E-state index in [4.69, 9.17) is 9.16 Å². The molecular weight excluding hydrogens is 220 g/mol. The van der Waals surface area contributed by atoms with Crippen LogP contribution in [-0.2, 0) is 14.0 Å². The van der Waals surface area contributed by atoms with Gasteiger partial charge in [0.15, 0.2) is 8.32 Å². The van der Waals surface area contributed by atoms with Crippen molar-refractivity contribution in [2.75, 3.05) is 13.2 Å². The average molecular weight is 244 g/mol. The van der Waals surface area contributed by atoms with Crippen LogP contribution in [0.2, 0.25) is 19.1 Å². The SMILES string of the molecule is CC=CC(=O)OCCCC[Si](C)(C)OCC. The van der Waals surface area contributed by atoms with Gasteiger partial charge in [-0.2, -0.15) is 0 Å². The summed E-state index contributed by atoms with van der Waals surface area (Å²) in [5.41, 5.74) is 0. The van der Waals surface area contributed by atoms with Gasteiger partial charge in [0.05, 0.1) is 6.61 Å². The largest absolute Gasteiger partial charge is 0.463 e. The maximum Gasteiger partial charge on any atom is 0.330 e. The van der Waals surface area contributed by atoms with Crippen molar-refractivity contribution in [2.24, 2.45) is 0 Å². The summed E-state index contributed by atoms with van der Waals surface area (Å²) in [6.07, 6.45) is 5.13. The van der Waals surface area contributed by atoms with Gasteiger partial charge in [0.2, 0.25) is 0 Å². The van der Waals surface area contributed by atoms with E-state index in [-0.39, 0.29) is 5.97 Å². The van der Waals surface area contributed by atoms with Crippen LogP contribution in [-0.4, -0.2) is 27.5 Å². The quantitative estimate of drug-likeness (QED) is 0.285. The Hall–Kier alpha value is -0.613. The molecule has 0 atom stereocenters. The fourth-order valence-corrected chi connectivity index (χ4v) is 3.50. The van der Waals surface area contributed by atoms with Gasteiger partial charge in [-0.1, -0.05) is 12.5 Å². The first-order chi connectivity index (χ1) is 7.52. The van der Waals surface area contributed by atoms with Crippen LogP contribution in [0.25, 0.3) is 0 Å². The van der Waals surface area contributed by atoms with Gasteiger partial charge in [-0.15, -0.1) is 0 Å². The second-order valence-electron chi connectivity index (χ2n) is 4.32. The molecule has 0 aromatic carbocycles. The molecular formula is C12H24O3Si. The molecule has 0 saturated carbocycles. The molecule has 0 aliphatic heterocycles. The van der Waals surface area contributed by atoms with E-state index in [0.29, 0.717) is 6.61 Å². The Morgan fingerprint density at radius 2 is 2.00 bits per heavy atom. The number of esters is 1. The van der Waals surface area contributed by atoms with Crippen molar-refractivity contribution in [3.63, 3.8) is 0 Å². The van der Waals surface area contributed by atoms with Crippen molar-refractivity contribution < 1.29 is 14.0 Å². The van der Waals surface area contributed by atoms with Gasteiger partial charge in [0.25, 0.3) is 0 Å². The lowest BCUT2D eigenvalue weighted by Gasteiger charge is -2.21. The molecule has 0 aliphatic carbocycles. The van der Waals surface area contributed by atoms with Gasteiger partial charge in [-0.3, -0.25) is 0 Å². The fourth-order valence-electron chi connectivity index (χ4n) is 1.47. The standard InChI is InChI=1S/C12H24O3Si/c1-5-9-12(13)14-10-7-8-11-16(3,4)15-6-2/h5,9H,6-8,10-11H2,1-4H3. The average Bonchev–Trinajstić information content (AvgIpc) is 2.17. The first-order valence-corrected chi connectivity index (χ1v) is 9.07. The number of unbranched alkanes of at least 4 members (excludes halogenated alkanes) is 1. The van der Waals surface area contributed by atoms with Crippen molar-refractivity contribution in [1.82, 2.24) is 0 Å². The van der Waals surface area contributed by atoms with Crippen LogP contribution in [0, 0.1) is 0 Å². The Kier molecular flexibility index (Phi) is 8.20. The highest BCUT2D eigenvalue weighted by Crippen LogP contribution is 2.14. The summed E-state index contributed by atoms with van der Waals surface area (Å²) >= 11 is 0. The summed E-state index contributed by atoms with van der Waals surface area (Å²) in [7, 11) is -1.45. The lowest BCUT2D eigenvalue weighted by molar-refractivity contribution is -0.137. The number of carbonyl (C=O) groups is 1. The Labute approximate surface area is 100.0 Å². The van der Waals surface area contributed by atoms with E-state index in [1.165, 1.54) is 6.08 Å². The van der Waals surface area contributed by atoms with Gasteiger partial charge in [0, 0.05) is 12.7 Å². The second kappa shape index (κ2) is 8.53. The third-order valence-electron chi connectivity index (χ3n) is 2.26. The van der Waals surface area contributed by atoms with Crippen molar-refractivity contribution in [1.29, 1.82) is 0 Å². The number of hydrogen-bond acceptors (Lipinski definition) is 3. The molecule has 16 heavy (non-hydrogen) atoms. The van der Waals surface area contributed by atoms with Crippen molar-refractivity contribution in [3.8, 4) is 0 Å². The molecule has 0 aromatic rings. The number of allylic oxidation sites excluding steroid dienone is 1. The summed E-state index contributed by atoms with van der Waals surface area (Å²) < 4.78 is 10.7. The van der Waals surface area contributed by atoms with Crippen molar-refractivity contribution in [3.05, 3.63) is 12.2 Å². The predicted octanol–water partition coefficient (Wildman–Crippen LogP) is 3.13. The Morgan fingerprint density at radius 1 is 1.31 bits per heavy atom. The Bertz CT molecular complexity index is 224. The third kappa shape index (κ3) is 8.68. The van der Waals surface area contributed by atoms with Gasteiger partial charge in [-0.05, 0) is 39.4 Å². The second-order valence-corrected chi connectivity index (χ2v) is 8.63. The van der Waals surface area contributed by atoms with E-state index in [9.17, 15) is 4.79 Å². The first kappa shape index (κ1) is 15.4. The molecule has 0 unspecified atom stereocenters. The lowest BCUT2D eigenvalue weighted by Crippen LogP contribution is -2.29. The maximum atomic E-state index is 11.0. The van der Waals surface area contributed by atoms with E-state index in [1.807, 2.05) is 6.92 Å². The van der Waals surface area contributed by atoms with Crippen LogP contribution in [0.5, 0.6) is 0 Å². The number of carbonyl (C=O) groups excluding carboxylic acids is 1. The monoisotopic (exact) mass is 244 g/mol. The number of rotatable bonds is 8. The minimum Gasteiger partial charge on any atom is -0.463 e. The summed E-state index contributed by atoms with van der Waals surface area (Å²) in [5.74, 6) is -0.246. The van der Waals surface area contributed by atoms with Gasteiger partial charge >= 0.3 is 5.97 Å². The molecule has 0 radical (unpaired) electrons. The maximum absolute atomic E-state index is 11.0. The summed E-state index contributed by atoms with van der Waals surface area (Å²) in [4.78, 5) is 11.0. The molecule has 0 aliphatic rings. The smallest absolute Gasteiger partial charge is 0.330 e. The molecule has 94 valence electrons. The predicted molar refractivity (Wildman–Crippen MR) is 68.9 cm³/mol. The fraction of sp³-hybridized carbons (Fsp3) is 0.750. The van der Waals surface area contributed by atoms with E-state index < -0.39 is 8.32 Å². The minimum absolute atomic E-state index is 0.246. The molecule has 4 heteroatoms. The van der Waals surface area contributed by atoms with E-state index in [0.717, 1.165) is 25.5 Å². The van der Waals surface area contributed by atoms with Crippen LogP contribution in [0.4, 0.5) is 0 Å². The molecule has 0 rings (SSSR count). The molecule has 0 saturated heterocycles. The highest BCUT2D eigenvalue weighted by Gasteiger charge is 2.20. The van der Waals surface area contributed by atoms with Crippen LogP contribution < -0.4 is 0 Å². The van der Waals surface area contributed by atoms with Gasteiger partial charge in [-0.25, -0.2) is 4.79 Å². The summed E-state index contributed by atoms with van der Waals surface area (Å²) in [6.45, 7) is 9.60. The highest BCUT2D eigenvalue weighted by atomic mass is 28.4. The zero-order chi connectivity index (χ0) is 12.4. The number of ether oxygens (including phenoxy) is 1. The zero-order valence-corrected chi connectivity index (χ0v) is 11.9. The van der Waals surface area contributed by atoms with Crippen LogP contribution in [0.3, 0.4) is 0 Å². The molecule has 0 bridgehead atoms. The van der Waals surface area contributed by atoms with Crippen LogP contribution >= 0.6 is 0 Å². The first-order valence-electron chi connectivity index (χ1n) is 5.95. The van der Waals surface area contributed by atoms with Crippen LogP contribution in [0.15, 0.2) is 12.2 Å². The minimum atomic E-state index is -1.45. The lowest BCUT2D eigenvalue weighted by atomic mass is 10.3. The Balaban J connectivity index is 3.50. The van der Waals surface area contributed by atoms with Crippen LogP contribution in [0.1, 0.15) is 26.7 Å². The molecule has 0 amide bonds. The third-order valence-corrected chi connectivity index (χ3v) is 4.88. The van der Waals surface area contributed by atoms with E-state index in [1.54, 1.807) is 13.0 Å². The molecule has 0 N–H and O–H groups in total. The molecule has 0 spiro atoms. The highest BCUT2D eigenvalue weighted by molar-refractivity contribution is 6.71. The topological polar surface area (TPSA) is 35.5 Å². The van der Waals surface area contributed by atoms with E-state index in [2.05, 4.69) is 13.1 Å². The van der Waals surface area contributed by atoms with Gasteiger partial charge in [0.1, 0.15) is 0 Å². The summed E-state index contributed by atoms with van der Waals surface area (Å²) in [6, 6.07) is 1.13. The van der Waals surface area contributed by atoms with E-state index >= 15 is 0 Å².